The van der Waals surface area contributed by atoms with Crippen LogP contribution in [-0.4, -0.2) is 21.7 Å². The van der Waals surface area contributed by atoms with Crippen molar-refractivity contribution in [2.45, 2.75) is 0 Å². The molecule has 0 unspecified atom stereocenters. The minimum Gasteiger partial charge on any atom is -0.497 e. The number of aromatic nitrogens is 3. The number of rotatable bonds is 2. The SMILES string of the molecule is COc1cccc(-c2n[nH]c3cccc(=O)n23)c1. The Balaban J connectivity index is 2.28. The highest BCUT2D eigenvalue weighted by atomic mass is 16.5. The van der Waals surface area contributed by atoms with Crippen molar-refractivity contribution in [2.75, 3.05) is 7.11 Å². The predicted molar refractivity (Wildman–Crippen MR) is 67.8 cm³/mol. The molecule has 0 saturated heterocycles. The summed E-state index contributed by atoms with van der Waals surface area (Å²) >= 11 is 0. The summed E-state index contributed by atoms with van der Waals surface area (Å²) in [4.78, 5) is 11.9. The lowest BCUT2D eigenvalue weighted by Gasteiger charge is -2.02. The van der Waals surface area contributed by atoms with Gasteiger partial charge in [-0.25, -0.2) is 4.40 Å². The molecule has 1 aromatic carbocycles. The fraction of sp³-hybridized carbons (Fsp3) is 0.0769. The van der Waals surface area contributed by atoms with E-state index in [-0.39, 0.29) is 5.56 Å². The first kappa shape index (κ1) is 10.6. The number of nitrogens with zero attached hydrogens (tertiary/aromatic N) is 2. The molecular formula is C13H11N3O2. The van der Waals surface area contributed by atoms with Gasteiger partial charge in [-0.2, -0.15) is 5.10 Å². The summed E-state index contributed by atoms with van der Waals surface area (Å²) in [6.45, 7) is 0. The number of hydrogen-bond acceptors (Lipinski definition) is 3. The van der Waals surface area contributed by atoms with E-state index in [9.17, 15) is 4.79 Å². The lowest BCUT2D eigenvalue weighted by molar-refractivity contribution is 0.415. The lowest BCUT2D eigenvalue weighted by Crippen LogP contribution is -2.11. The predicted octanol–water partition coefficient (Wildman–Crippen LogP) is 1.70. The summed E-state index contributed by atoms with van der Waals surface area (Å²) in [5, 5.41) is 7.02. The van der Waals surface area contributed by atoms with Gasteiger partial charge in [-0.3, -0.25) is 9.89 Å². The summed E-state index contributed by atoms with van der Waals surface area (Å²) in [7, 11) is 1.61. The fourth-order valence-corrected chi connectivity index (χ4v) is 1.91. The molecule has 3 rings (SSSR count). The summed E-state index contributed by atoms with van der Waals surface area (Å²) in [5.74, 6) is 1.31. The third-order valence-corrected chi connectivity index (χ3v) is 2.77. The molecule has 90 valence electrons. The molecule has 0 radical (unpaired) electrons. The second-order valence-electron chi connectivity index (χ2n) is 3.86. The molecule has 0 saturated carbocycles. The third kappa shape index (κ3) is 1.57. The normalized spacial score (nSPS) is 10.7. The van der Waals surface area contributed by atoms with Crippen molar-refractivity contribution >= 4 is 5.65 Å². The van der Waals surface area contributed by atoms with E-state index in [1.54, 1.807) is 19.2 Å². The van der Waals surface area contributed by atoms with Gasteiger partial charge in [-0.05, 0) is 18.2 Å². The minimum absolute atomic E-state index is 0.112. The zero-order valence-electron chi connectivity index (χ0n) is 9.75. The molecule has 0 atom stereocenters. The number of pyridine rings is 1. The van der Waals surface area contributed by atoms with Gasteiger partial charge in [0.1, 0.15) is 11.4 Å². The molecule has 2 heterocycles. The highest BCUT2D eigenvalue weighted by molar-refractivity contribution is 5.61. The Kier molecular flexibility index (Phi) is 2.37. The van der Waals surface area contributed by atoms with E-state index in [0.717, 1.165) is 11.3 Å². The second kappa shape index (κ2) is 4.03. The van der Waals surface area contributed by atoms with Gasteiger partial charge in [0.05, 0.1) is 7.11 Å². The van der Waals surface area contributed by atoms with Gasteiger partial charge in [0.25, 0.3) is 5.56 Å². The molecule has 3 aromatic rings. The molecule has 0 aliphatic carbocycles. The largest absolute Gasteiger partial charge is 0.497 e. The number of H-pyrrole nitrogens is 1. The maximum Gasteiger partial charge on any atom is 0.257 e. The van der Waals surface area contributed by atoms with Gasteiger partial charge < -0.3 is 4.74 Å². The number of aromatic amines is 1. The summed E-state index contributed by atoms with van der Waals surface area (Å²) < 4.78 is 6.71. The Morgan fingerprint density at radius 2 is 2.06 bits per heavy atom. The molecule has 1 N–H and O–H groups in total. The standard InChI is InChI=1S/C13H11N3O2/c1-18-10-5-2-4-9(8-10)13-15-14-11-6-3-7-12(17)16(11)13/h2-8,14H,1H3. The molecule has 0 spiro atoms. The van der Waals surface area contributed by atoms with Crippen LogP contribution in [0.3, 0.4) is 0 Å². The number of ether oxygens (including phenoxy) is 1. The van der Waals surface area contributed by atoms with E-state index in [1.807, 2.05) is 24.3 Å². The quantitative estimate of drug-likeness (QED) is 0.742. The summed E-state index contributed by atoms with van der Waals surface area (Å²) in [6.07, 6.45) is 0. The van der Waals surface area contributed by atoms with Gasteiger partial charge in [-0.15, -0.1) is 0 Å². The molecule has 5 heteroatoms. The third-order valence-electron chi connectivity index (χ3n) is 2.77. The highest BCUT2D eigenvalue weighted by Gasteiger charge is 2.09. The Morgan fingerprint density at radius 3 is 2.89 bits per heavy atom. The zero-order valence-corrected chi connectivity index (χ0v) is 9.75. The topological polar surface area (TPSA) is 59.4 Å². The van der Waals surface area contributed by atoms with Crippen LogP contribution in [0.1, 0.15) is 0 Å². The van der Waals surface area contributed by atoms with Crippen molar-refractivity contribution in [2.24, 2.45) is 0 Å². The first-order chi connectivity index (χ1) is 8.79. The van der Waals surface area contributed by atoms with Crippen LogP contribution < -0.4 is 10.3 Å². The molecule has 0 aliphatic rings. The first-order valence-corrected chi connectivity index (χ1v) is 5.50. The van der Waals surface area contributed by atoms with E-state index in [1.165, 1.54) is 10.5 Å². The fourth-order valence-electron chi connectivity index (χ4n) is 1.91. The monoisotopic (exact) mass is 241 g/mol. The van der Waals surface area contributed by atoms with Crippen molar-refractivity contribution in [1.29, 1.82) is 0 Å². The van der Waals surface area contributed by atoms with Gasteiger partial charge in [-0.1, -0.05) is 18.2 Å². The summed E-state index contributed by atoms with van der Waals surface area (Å²) in [5.41, 5.74) is 1.38. The number of fused-ring (bicyclic) bond motifs is 1. The van der Waals surface area contributed by atoms with E-state index in [4.69, 9.17) is 4.74 Å². The van der Waals surface area contributed by atoms with Crippen molar-refractivity contribution in [3.05, 3.63) is 52.8 Å². The zero-order chi connectivity index (χ0) is 12.5. The second-order valence-corrected chi connectivity index (χ2v) is 3.86. The van der Waals surface area contributed by atoms with Crippen molar-refractivity contribution < 1.29 is 4.74 Å². The average Bonchev–Trinajstić information content (AvgIpc) is 2.84. The van der Waals surface area contributed by atoms with Crippen molar-refractivity contribution in [1.82, 2.24) is 14.6 Å². The maximum atomic E-state index is 11.9. The van der Waals surface area contributed by atoms with Crippen LogP contribution in [0.2, 0.25) is 0 Å². The van der Waals surface area contributed by atoms with E-state index in [0.29, 0.717) is 11.5 Å². The Bertz CT molecular complexity index is 758. The van der Waals surface area contributed by atoms with E-state index >= 15 is 0 Å². The van der Waals surface area contributed by atoms with Gasteiger partial charge in [0, 0.05) is 11.6 Å². The Morgan fingerprint density at radius 1 is 1.22 bits per heavy atom. The van der Waals surface area contributed by atoms with Gasteiger partial charge in [0.15, 0.2) is 5.82 Å². The molecular weight excluding hydrogens is 230 g/mol. The van der Waals surface area contributed by atoms with Gasteiger partial charge >= 0.3 is 0 Å². The average molecular weight is 241 g/mol. The maximum absolute atomic E-state index is 11.9. The van der Waals surface area contributed by atoms with E-state index in [2.05, 4.69) is 10.2 Å². The van der Waals surface area contributed by atoms with Crippen LogP contribution >= 0.6 is 0 Å². The first-order valence-electron chi connectivity index (χ1n) is 5.50. The van der Waals surface area contributed by atoms with Crippen LogP contribution in [0.5, 0.6) is 5.75 Å². The van der Waals surface area contributed by atoms with E-state index < -0.39 is 0 Å². The number of benzene rings is 1. The Hall–Kier alpha value is -2.56. The van der Waals surface area contributed by atoms with Crippen LogP contribution in [0.4, 0.5) is 0 Å². The highest BCUT2D eigenvalue weighted by Crippen LogP contribution is 2.21. The number of hydrogen-bond donors (Lipinski definition) is 1. The molecule has 0 fully saturated rings. The van der Waals surface area contributed by atoms with Crippen molar-refractivity contribution in [3.8, 4) is 17.1 Å². The van der Waals surface area contributed by atoms with Gasteiger partial charge in [0.2, 0.25) is 0 Å². The molecule has 0 amide bonds. The number of nitrogens with one attached hydrogen (secondary N) is 1. The van der Waals surface area contributed by atoms with Crippen LogP contribution in [-0.2, 0) is 0 Å². The smallest absolute Gasteiger partial charge is 0.257 e. The Labute approximate surface area is 103 Å². The molecule has 5 nitrogen and oxygen atoms in total. The summed E-state index contributed by atoms with van der Waals surface area (Å²) in [6, 6.07) is 12.5. The van der Waals surface area contributed by atoms with Crippen LogP contribution in [0.15, 0.2) is 47.3 Å². The molecule has 18 heavy (non-hydrogen) atoms. The van der Waals surface area contributed by atoms with Crippen LogP contribution in [0, 0.1) is 0 Å². The molecule has 0 aliphatic heterocycles. The van der Waals surface area contributed by atoms with Crippen molar-refractivity contribution in [3.63, 3.8) is 0 Å². The minimum atomic E-state index is -0.112. The van der Waals surface area contributed by atoms with Crippen LogP contribution in [0.25, 0.3) is 17.0 Å². The lowest BCUT2D eigenvalue weighted by atomic mass is 10.2. The number of methoxy groups -OCH3 is 1. The molecule has 0 bridgehead atoms. The molecule has 2 aromatic heterocycles.